The molecule has 30 heteroatoms. The first-order valence-electron chi connectivity index (χ1n) is 29.2. The van der Waals surface area contributed by atoms with Crippen LogP contribution in [-0.2, 0) is 60.9 Å². The van der Waals surface area contributed by atoms with Crippen molar-refractivity contribution in [1.29, 1.82) is 0 Å². The second-order valence-electron chi connectivity index (χ2n) is 26.3. The molecule has 3 aliphatic rings. The van der Waals surface area contributed by atoms with Crippen LogP contribution in [0.1, 0.15) is 107 Å². The predicted octanol–water partition coefficient (Wildman–Crippen LogP) is 12.0. The molecule has 512 valence electrons. The number of hydrogen-bond acceptors (Lipinski definition) is 16. The van der Waals surface area contributed by atoms with E-state index >= 15 is 4.39 Å². The van der Waals surface area contributed by atoms with E-state index in [4.69, 9.17) is 19.9 Å². The topological polar surface area (TPSA) is 299 Å². The minimum Gasteiger partial charge on any atom is -0.444 e. The fraction of sp³-hybridized carbons (Fsp3) is 0.385. The van der Waals surface area contributed by atoms with E-state index in [1.165, 1.54) is 82.0 Å². The zero-order chi connectivity index (χ0) is 69.9. The van der Waals surface area contributed by atoms with Gasteiger partial charge in [-0.15, -0.1) is 0 Å². The molecule has 0 fully saturated rings. The third kappa shape index (κ3) is 16.8. The molecule has 3 atom stereocenters. The van der Waals surface area contributed by atoms with Gasteiger partial charge in [-0.2, -0.15) is 0 Å². The summed E-state index contributed by atoms with van der Waals surface area (Å²) in [4.78, 5) is 54.2. The first kappa shape index (κ1) is 73.9. The van der Waals surface area contributed by atoms with Gasteiger partial charge in [0.25, 0.3) is 0 Å². The number of ether oxygens (including phenoxy) is 3. The Morgan fingerprint density at radius 1 is 0.547 bits per heavy atom. The summed E-state index contributed by atoms with van der Waals surface area (Å²) in [5.41, 5.74) is 3.32. The third-order valence-corrected chi connectivity index (χ3v) is 21.2. The van der Waals surface area contributed by atoms with Crippen LogP contribution in [0.4, 0.5) is 27.6 Å². The van der Waals surface area contributed by atoms with E-state index in [-0.39, 0.29) is 47.7 Å². The van der Waals surface area contributed by atoms with Gasteiger partial charge in [-0.05, 0) is 173 Å². The summed E-state index contributed by atoms with van der Waals surface area (Å²) in [7, 11) is -7.69. The minimum absolute atomic E-state index is 0. The molecule has 95 heavy (non-hydrogen) atoms. The molecule has 2 aromatic heterocycles. The van der Waals surface area contributed by atoms with E-state index in [2.05, 4.69) is 46.5 Å². The van der Waals surface area contributed by atoms with Crippen LogP contribution in [0.5, 0.6) is 0 Å². The maximum atomic E-state index is 15.5. The van der Waals surface area contributed by atoms with Crippen molar-refractivity contribution in [1.82, 2.24) is 33.1 Å². The summed E-state index contributed by atoms with van der Waals surface area (Å²) >= 11 is 3.25. The Morgan fingerprint density at radius 2 is 0.958 bits per heavy atom. The average Bonchev–Trinajstić information content (AvgIpc) is 0.872. The molecule has 0 spiro atoms. The lowest BCUT2D eigenvalue weighted by atomic mass is 9.92. The van der Waals surface area contributed by atoms with Gasteiger partial charge < -0.3 is 24.9 Å². The van der Waals surface area contributed by atoms with Crippen LogP contribution in [0.25, 0.3) is 44.3 Å². The van der Waals surface area contributed by atoms with Gasteiger partial charge in [0.1, 0.15) is 50.9 Å². The molecule has 5 N–H and O–H groups in total. The number of halogens is 4. The normalized spacial score (nSPS) is 20.7. The summed E-state index contributed by atoms with van der Waals surface area (Å²) < 4.78 is 141. The van der Waals surface area contributed by atoms with Gasteiger partial charge in [-0.1, -0.05) is 59.8 Å². The van der Waals surface area contributed by atoms with Crippen molar-refractivity contribution in [2.75, 3.05) is 38.4 Å². The second kappa shape index (κ2) is 26.6. The molecule has 0 unspecified atom stereocenters. The first-order valence-corrected chi connectivity index (χ1v) is 34.8. The smallest absolute Gasteiger partial charge is 0.419 e. The van der Waals surface area contributed by atoms with Crippen LogP contribution in [0.2, 0.25) is 0 Å². The molecule has 0 aliphatic carbocycles. The van der Waals surface area contributed by atoms with Crippen molar-refractivity contribution < 1.29 is 67.0 Å². The monoisotopic (exact) mass is 1440 g/mol. The maximum Gasteiger partial charge on any atom is 0.419 e. The zero-order valence-electron chi connectivity index (χ0n) is 54.4. The molecule has 23 nitrogen and oxygen atoms in total. The number of amides is 2. The summed E-state index contributed by atoms with van der Waals surface area (Å²) in [6, 6.07) is 31.8. The van der Waals surface area contributed by atoms with Crippen molar-refractivity contribution in [3.63, 3.8) is 0 Å². The number of hydrogen-bond donors (Lipinski definition) is 4. The third-order valence-electron chi connectivity index (χ3n) is 14.9. The van der Waals surface area contributed by atoms with Crippen LogP contribution in [0.3, 0.4) is 0 Å². The van der Waals surface area contributed by atoms with E-state index in [1.54, 1.807) is 99.6 Å². The number of fused-ring (bicyclic) bond motifs is 2. The number of nitrogens with two attached hydrogens (primary N) is 1. The fourth-order valence-electron chi connectivity index (χ4n) is 10.4. The number of aromatic nitrogens is 2. The van der Waals surface area contributed by atoms with E-state index in [9.17, 15) is 48.4 Å². The first-order chi connectivity index (χ1) is 43.2. The van der Waals surface area contributed by atoms with E-state index in [1.807, 2.05) is 42.5 Å². The number of sulfonamides is 3. The number of alkyl carbamates (subject to hydrolysis) is 2. The SMILES string of the molecule is C.CN1C(N)=N[C@](C)(c2cc(-c3cc4ccccc4[nH]3)ccc2F)CS1(=O)=O.CN1C(NC(=O)OC(C)(C)C)=N[C@](C)(c2cc(-c3cc4ccccc4n3C(=O)OC(C)(C)C)ccc2F)CS1(=O)=O.CN1C(NC(=O)OC(C)(C)C)=N[C@](C)(c2cc(Br)ccc2F)CS1(=O)=O. The van der Waals surface area contributed by atoms with Crippen molar-refractivity contribution in [2.24, 2.45) is 20.7 Å². The van der Waals surface area contributed by atoms with E-state index < -0.39 is 111 Å². The Bertz CT molecular complexity index is 4590. The number of carbonyl (C=O) groups is 3. The number of H-pyrrole nitrogens is 1. The highest BCUT2D eigenvalue weighted by Crippen LogP contribution is 2.40. The summed E-state index contributed by atoms with van der Waals surface area (Å²) in [6.45, 7) is 19.9. The molecule has 0 saturated carbocycles. The molecule has 0 radical (unpaired) electrons. The van der Waals surface area contributed by atoms with Gasteiger partial charge in [0, 0.05) is 64.3 Å². The van der Waals surface area contributed by atoms with Gasteiger partial charge in [0.2, 0.25) is 47.9 Å². The van der Waals surface area contributed by atoms with Crippen molar-refractivity contribution in [2.45, 2.75) is 124 Å². The van der Waals surface area contributed by atoms with Crippen LogP contribution < -0.4 is 16.4 Å². The largest absolute Gasteiger partial charge is 0.444 e. The number of aromatic amines is 1. The Labute approximate surface area is 560 Å². The number of aliphatic imine (C=N–C) groups is 3. The maximum absolute atomic E-state index is 15.5. The summed E-state index contributed by atoms with van der Waals surface area (Å²) in [6.07, 6.45) is -2.37. The van der Waals surface area contributed by atoms with Gasteiger partial charge >= 0.3 is 18.3 Å². The van der Waals surface area contributed by atoms with Crippen LogP contribution in [0.15, 0.2) is 135 Å². The molecular weight excluding hydrogens is 1360 g/mol. The van der Waals surface area contributed by atoms with Crippen LogP contribution >= 0.6 is 15.9 Å². The lowest BCUT2D eigenvalue weighted by Gasteiger charge is -2.36. The number of benzene rings is 5. The second-order valence-corrected chi connectivity index (χ2v) is 33.2. The molecule has 0 saturated heterocycles. The lowest BCUT2D eigenvalue weighted by molar-refractivity contribution is 0.0538. The number of rotatable bonds is 5. The van der Waals surface area contributed by atoms with E-state index in [0.29, 0.717) is 21.2 Å². The Hall–Kier alpha value is -8.48. The zero-order valence-corrected chi connectivity index (χ0v) is 58.5. The predicted molar refractivity (Wildman–Crippen MR) is 365 cm³/mol. The van der Waals surface area contributed by atoms with Crippen molar-refractivity contribution in [3.8, 4) is 22.5 Å². The van der Waals surface area contributed by atoms with Crippen LogP contribution in [0, 0.1) is 17.5 Å². The Balaban J connectivity index is 0.000000208. The van der Waals surface area contributed by atoms with Gasteiger partial charge in [-0.25, -0.2) is 85.3 Å². The van der Waals surface area contributed by atoms with Crippen molar-refractivity contribution >= 4 is 104 Å². The van der Waals surface area contributed by atoms with Gasteiger partial charge in [-0.3, -0.25) is 10.6 Å². The van der Waals surface area contributed by atoms with Gasteiger partial charge in [0.15, 0.2) is 0 Å². The average molecular weight is 1440 g/mol. The number of nitrogens with zero attached hydrogens (tertiary/aromatic N) is 7. The molecule has 3 aliphatic heterocycles. The molecule has 10 rings (SSSR count). The quantitative estimate of drug-likeness (QED) is 0.117. The summed E-state index contributed by atoms with van der Waals surface area (Å²) in [5.74, 6) is -3.85. The minimum atomic E-state index is -4.03. The van der Waals surface area contributed by atoms with Crippen LogP contribution in [-0.4, -0.2) is 139 Å². The molecule has 0 bridgehead atoms. The lowest BCUT2D eigenvalue weighted by Crippen LogP contribution is -2.54. The molecule has 2 amide bonds. The highest BCUT2D eigenvalue weighted by atomic mass is 79.9. The highest BCUT2D eigenvalue weighted by molar-refractivity contribution is 9.10. The highest BCUT2D eigenvalue weighted by Gasteiger charge is 2.46. The molecule has 7 aromatic rings. The van der Waals surface area contributed by atoms with Crippen molar-refractivity contribution in [3.05, 3.63) is 154 Å². The fourth-order valence-corrected chi connectivity index (χ4v) is 15.2. The number of para-hydroxylation sites is 2. The Morgan fingerprint density at radius 3 is 1.43 bits per heavy atom. The summed E-state index contributed by atoms with van der Waals surface area (Å²) in [5, 5.41) is 6.52. The number of guanidine groups is 3. The number of carbonyl (C=O) groups excluding carboxylic acids is 3. The standard InChI is InChI=1S/C29H35FN4O6S.C19H19FN4O2S.C16H21BrFN3O4S.CH4/c1-27(2,3)39-25(35)31-24-32-29(7,17-41(37,38)33(24)8)20-15-19(13-14-21(20)30)23-16-18-11-9-10-12-22(18)34(23)26(36)40-28(4,5)6;1-19(11-27(25,26)24(2)18(21)23-19)14-9-13(7-8-15(14)20)17-10-12-5-3-4-6-16(12)22-17;1-15(2,3)25-14(22)19-13-20-16(4,9-26(23,24)21(13)5)11-8-10(17)6-7-12(11)18;/h9-16H,17H2,1-8H3,(H,31,32,35);3-10,22H,11H2,1-2H3,(H2,21,23);6-8H,9H2,1-5H3,(H,19,20,22);1H4/t29-;19-;16-;/m000./s1. The number of nitrogens with one attached hydrogen (secondary N) is 3. The van der Waals surface area contributed by atoms with E-state index in [0.717, 1.165) is 40.5 Å². The molecule has 5 heterocycles. The van der Waals surface area contributed by atoms with Gasteiger partial charge in [0.05, 0.1) is 28.5 Å². The Kier molecular flexibility index (Phi) is 20.7. The molecule has 5 aromatic carbocycles. The molecular formula is C65H79BrF3N11O12S3.